The third-order valence-corrected chi connectivity index (χ3v) is 5.89. The summed E-state index contributed by atoms with van der Waals surface area (Å²) in [5.41, 5.74) is 0.582. The van der Waals surface area contributed by atoms with Gasteiger partial charge in [0.25, 0.3) is 11.5 Å². The molecule has 1 saturated carbocycles. The van der Waals surface area contributed by atoms with Crippen LogP contribution >= 0.6 is 12.2 Å². The lowest BCUT2D eigenvalue weighted by Gasteiger charge is -2.26. The molecule has 1 aliphatic carbocycles. The Hall–Kier alpha value is -2.80. The lowest BCUT2D eigenvalue weighted by atomic mass is 9.87. The third-order valence-electron chi connectivity index (χ3n) is 5.60. The molecule has 0 aliphatic heterocycles. The first-order valence-electron chi connectivity index (χ1n) is 9.79. The highest BCUT2D eigenvalue weighted by molar-refractivity contribution is 7.71. The Morgan fingerprint density at radius 1 is 1.17 bits per heavy atom. The maximum atomic E-state index is 14.2. The first kappa shape index (κ1) is 19.5. The first-order valence-corrected chi connectivity index (χ1v) is 10.2. The summed E-state index contributed by atoms with van der Waals surface area (Å²) in [7, 11) is 0. The van der Waals surface area contributed by atoms with E-state index in [4.69, 9.17) is 12.2 Å². The molecule has 0 saturated heterocycles. The van der Waals surface area contributed by atoms with Gasteiger partial charge in [-0.05, 0) is 74.2 Å². The molecule has 2 aromatic carbocycles. The minimum Gasteiger partial charge on any atom is -0.349 e. The molecule has 0 radical (unpaired) electrons. The van der Waals surface area contributed by atoms with Crippen molar-refractivity contribution < 1.29 is 9.18 Å². The van der Waals surface area contributed by atoms with Crippen LogP contribution in [0.2, 0.25) is 0 Å². The van der Waals surface area contributed by atoms with Crippen LogP contribution in [0.15, 0.2) is 47.3 Å². The van der Waals surface area contributed by atoms with E-state index in [0.717, 1.165) is 30.3 Å². The van der Waals surface area contributed by atoms with Crippen LogP contribution in [-0.2, 0) is 0 Å². The van der Waals surface area contributed by atoms with Crippen molar-refractivity contribution >= 4 is 29.0 Å². The Labute approximate surface area is 172 Å². The predicted molar refractivity (Wildman–Crippen MR) is 114 cm³/mol. The normalized spacial score (nSPS) is 19.2. The van der Waals surface area contributed by atoms with Crippen LogP contribution in [0.3, 0.4) is 0 Å². The Balaban J connectivity index is 1.68. The molecule has 1 heterocycles. The highest BCUT2D eigenvalue weighted by atomic mass is 32.1. The van der Waals surface area contributed by atoms with E-state index in [1.165, 1.54) is 12.1 Å². The molecule has 0 atom stereocenters. The van der Waals surface area contributed by atoms with Crippen LogP contribution in [0.5, 0.6) is 0 Å². The fourth-order valence-corrected chi connectivity index (χ4v) is 4.18. The molecule has 0 spiro atoms. The molecule has 3 aromatic rings. The average molecular weight is 412 g/mol. The third kappa shape index (κ3) is 3.87. The fourth-order valence-electron chi connectivity index (χ4n) is 3.88. The number of nitrogens with one attached hydrogen (secondary N) is 2. The van der Waals surface area contributed by atoms with E-state index in [0.29, 0.717) is 22.4 Å². The molecule has 1 fully saturated rings. The molecular formula is C22H22FN3O2S. The number of hydrogen-bond acceptors (Lipinski definition) is 3. The summed E-state index contributed by atoms with van der Waals surface area (Å²) in [6.45, 7) is 2.23. The number of rotatable bonds is 3. The number of fused-ring (bicyclic) bond motifs is 1. The lowest BCUT2D eigenvalue weighted by Crippen LogP contribution is -2.37. The van der Waals surface area contributed by atoms with Crippen molar-refractivity contribution in [2.24, 2.45) is 5.92 Å². The van der Waals surface area contributed by atoms with E-state index in [2.05, 4.69) is 17.2 Å². The number of hydrogen-bond donors (Lipinski definition) is 2. The Morgan fingerprint density at radius 3 is 2.62 bits per heavy atom. The van der Waals surface area contributed by atoms with E-state index in [1.54, 1.807) is 30.3 Å². The number of halogens is 1. The minimum atomic E-state index is -0.536. The number of nitrogens with zero attached hydrogens (tertiary/aromatic N) is 1. The Kier molecular flexibility index (Phi) is 5.32. The Bertz CT molecular complexity index is 1190. The zero-order valence-electron chi connectivity index (χ0n) is 16.1. The number of carbonyl (C=O) groups is 1. The molecule has 4 rings (SSSR count). The second-order valence-corrected chi connectivity index (χ2v) is 8.10. The van der Waals surface area contributed by atoms with E-state index < -0.39 is 11.4 Å². The van der Waals surface area contributed by atoms with Gasteiger partial charge in [-0.3, -0.25) is 9.59 Å². The second kappa shape index (κ2) is 7.91. The van der Waals surface area contributed by atoms with Gasteiger partial charge in [0, 0.05) is 11.6 Å². The summed E-state index contributed by atoms with van der Waals surface area (Å²) in [6.07, 6.45) is 4.20. The highest BCUT2D eigenvalue weighted by Gasteiger charge is 2.21. The van der Waals surface area contributed by atoms with Gasteiger partial charge in [0.15, 0.2) is 4.77 Å². The van der Waals surface area contributed by atoms with Gasteiger partial charge in [-0.15, -0.1) is 0 Å². The standard InChI is InChI=1S/C22H22FN3O2S/c1-13-6-9-15(10-7-13)24-20(27)14-8-11-16-18(12-14)25-22(29)26(21(16)28)19-5-3-2-4-17(19)23/h2-5,8,11-13,15H,6-7,9-10H2,1H3,(H,24,27)(H,25,29). The number of amides is 1. The van der Waals surface area contributed by atoms with Crippen molar-refractivity contribution in [1.82, 2.24) is 14.9 Å². The van der Waals surface area contributed by atoms with Crippen molar-refractivity contribution in [1.29, 1.82) is 0 Å². The predicted octanol–water partition coefficient (Wildman–Crippen LogP) is 4.50. The number of aromatic amines is 1. The summed E-state index contributed by atoms with van der Waals surface area (Å²) in [6, 6.07) is 11.0. The van der Waals surface area contributed by atoms with Crippen molar-refractivity contribution in [3.8, 4) is 5.69 Å². The van der Waals surface area contributed by atoms with Gasteiger partial charge >= 0.3 is 0 Å². The van der Waals surface area contributed by atoms with Gasteiger partial charge in [0.2, 0.25) is 0 Å². The molecule has 1 aromatic heterocycles. The molecule has 1 amide bonds. The molecule has 5 nitrogen and oxygen atoms in total. The quantitative estimate of drug-likeness (QED) is 0.624. The summed E-state index contributed by atoms with van der Waals surface area (Å²) >= 11 is 5.30. The van der Waals surface area contributed by atoms with Gasteiger partial charge in [0.05, 0.1) is 16.6 Å². The molecule has 2 N–H and O–H groups in total. The van der Waals surface area contributed by atoms with Crippen LogP contribution in [0.1, 0.15) is 43.0 Å². The Morgan fingerprint density at radius 2 is 1.90 bits per heavy atom. The molecule has 0 unspecified atom stereocenters. The summed E-state index contributed by atoms with van der Waals surface area (Å²) < 4.78 is 15.4. The number of carbonyl (C=O) groups excluding carboxylic acids is 1. The number of H-pyrrole nitrogens is 1. The minimum absolute atomic E-state index is 0.0754. The maximum absolute atomic E-state index is 14.2. The van der Waals surface area contributed by atoms with Crippen LogP contribution in [0.25, 0.3) is 16.6 Å². The van der Waals surface area contributed by atoms with Gasteiger partial charge in [-0.1, -0.05) is 19.1 Å². The van der Waals surface area contributed by atoms with Crippen molar-refractivity contribution in [2.75, 3.05) is 0 Å². The fraction of sp³-hybridized carbons (Fsp3) is 0.318. The average Bonchev–Trinajstić information content (AvgIpc) is 2.70. The van der Waals surface area contributed by atoms with E-state index in [1.807, 2.05) is 0 Å². The molecule has 7 heteroatoms. The lowest BCUT2D eigenvalue weighted by molar-refractivity contribution is 0.0923. The van der Waals surface area contributed by atoms with Crippen LogP contribution in [-0.4, -0.2) is 21.5 Å². The SMILES string of the molecule is CC1CCC(NC(=O)c2ccc3c(=O)n(-c4ccccc4F)c(=S)[nH]c3c2)CC1. The number of benzene rings is 2. The van der Waals surface area contributed by atoms with Crippen molar-refractivity contribution in [3.05, 3.63) is 69.0 Å². The molecule has 150 valence electrons. The number of aromatic nitrogens is 2. The summed E-state index contributed by atoms with van der Waals surface area (Å²) in [5, 5.41) is 3.42. The highest BCUT2D eigenvalue weighted by Crippen LogP contribution is 2.24. The maximum Gasteiger partial charge on any atom is 0.266 e. The largest absolute Gasteiger partial charge is 0.349 e. The molecule has 29 heavy (non-hydrogen) atoms. The topological polar surface area (TPSA) is 66.9 Å². The zero-order valence-corrected chi connectivity index (χ0v) is 16.9. The molecule has 0 bridgehead atoms. The second-order valence-electron chi connectivity index (χ2n) is 7.71. The zero-order chi connectivity index (χ0) is 20.5. The van der Waals surface area contributed by atoms with Crippen LogP contribution < -0.4 is 10.9 Å². The summed E-state index contributed by atoms with van der Waals surface area (Å²) in [5.74, 6) is 0.0100. The van der Waals surface area contributed by atoms with Gasteiger partial charge in [-0.2, -0.15) is 0 Å². The van der Waals surface area contributed by atoms with Gasteiger partial charge in [0.1, 0.15) is 5.82 Å². The monoisotopic (exact) mass is 411 g/mol. The van der Waals surface area contributed by atoms with E-state index >= 15 is 0 Å². The molecule has 1 aliphatic rings. The molecular weight excluding hydrogens is 389 g/mol. The van der Waals surface area contributed by atoms with E-state index in [9.17, 15) is 14.0 Å². The first-order chi connectivity index (χ1) is 13.9. The van der Waals surface area contributed by atoms with Crippen LogP contribution in [0.4, 0.5) is 4.39 Å². The van der Waals surface area contributed by atoms with Crippen molar-refractivity contribution in [3.63, 3.8) is 0 Å². The van der Waals surface area contributed by atoms with Gasteiger partial charge in [-0.25, -0.2) is 8.96 Å². The summed E-state index contributed by atoms with van der Waals surface area (Å²) in [4.78, 5) is 28.6. The smallest absolute Gasteiger partial charge is 0.266 e. The van der Waals surface area contributed by atoms with Gasteiger partial charge < -0.3 is 10.3 Å². The van der Waals surface area contributed by atoms with Crippen molar-refractivity contribution in [2.45, 2.75) is 38.6 Å². The number of para-hydroxylation sites is 1. The van der Waals surface area contributed by atoms with Crippen LogP contribution in [0, 0.1) is 16.5 Å². The van der Waals surface area contributed by atoms with E-state index in [-0.39, 0.29) is 22.4 Å².